The molecule has 1 fully saturated rings. The number of rotatable bonds is 1. The summed E-state index contributed by atoms with van der Waals surface area (Å²) >= 11 is 5.69. The Morgan fingerprint density at radius 1 is 1.47 bits per heavy atom. The molecule has 1 aromatic rings. The Bertz CT molecular complexity index is 416. The predicted molar refractivity (Wildman–Crippen MR) is 57.6 cm³/mol. The van der Waals surface area contributed by atoms with Gasteiger partial charge in [-0.15, -0.1) is 0 Å². The van der Waals surface area contributed by atoms with Crippen molar-refractivity contribution in [3.63, 3.8) is 0 Å². The van der Waals surface area contributed by atoms with Crippen LogP contribution in [0.4, 0.5) is 4.39 Å². The molecule has 1 nitrogen and oxygen atoms in total. The molecule has 3 heteroatoms. The first-order valence-electron chi connectivity index (χ1n) is 4.98. The van der Waals surface area contributed by atoms with Gasteiger partial charge in [0.15, 0.2) is 0 Å². The van der Waals surface area contributed by atoms with Gasteiger partial charge >= 0.3 is 0 Å². The zero-order chi connectivity index (χ0) is 11.1. The molecule has 1 unspecified atom stereocenters. The van der Waals surface area contributed by atoms with E-state index in [4.69, 9.17) is 11.6 Å². The van der Waals surface area contributed by atoms with Crippen LogP contribution in [0, 0.1) is 5.82 Å². The predicted octanol–water partition coefficient (Wildman–Crippen LogP) is 3.49. The van der Waals surface area contributed by atoms with Gasteiger partial charge in [0.05, 0.1) is 0 Å². The minimum absolute atomic E-state index is 0.215. The van der Waals surface area contributed by atoms with E-state index in [2.05, 4.69) is 0 Å². The van der Waals surface area contributed by atoms with Crippen molar-refractivity contribution >= 4 is 17.4 Å². The molecule has 1 aliphatic carbocycles. The average molecular weight is 227 g/mol. The fourth-order valence-corrected chi connectivity index (χ4v) is 2.39. The van der Waals surface area contributed by atoms with Gasteiger partial charge in [-0.2, -0.15) is 0 Å². The molecule has 0 aliphatic heterocycles. The zero-order valence-corrected chi connectivity index (χ0v) is 9.27. The topological polar surface area (TPSA) is 17.1 Å². The fraction of sp³-hybridized carbons (Fsp3) is 0.417. The van der Waals surface area contributed by atoms with Crippen LogP contribution in [0.5, 0.6) is 0 Å². The van der Waals surface area contributed by atoms with Crippen LogP contribution in [0.25, 0.3) is 0 Å². The monoisotopic (exact) mass is 226 g/mol. The highest BCUT2D eigenvalue weighted by molar-refractivity contribution is 6.30. The Morgan fingerprint density at radius 2 is 2.20 bits per heavy atom. The number of ketones is 1. The summed E-state index contributed by atoms with van der Waals surface area (Å²) in [5.74, 6) is -0.0912. The minimum atomic E-state index is -0.342. The van der Waals surface area contributed by atoms with Crippen molar-refractivity contribution in [3.8, 4) is 0 Å². The van der Waals surface area contributed by atoms with Crippen molar-refractivity contribution in [3.05, 3.63) is 34.6 Å². The van der Waals surface area contributed by atoms with E-state index in [9.17, 15) is 9.18 Å². The van der Waals surface area contributed by atoms with E-state index >= 15 is 0 Å². The van der Waals surface area contributed by atoms with Gasteiger partial charge in [0.1, 0.15) is 11.6 Å². The van der Waals surface area contributed by atoms with E-state index in [1.165, 1.54) is 6.07 Å². The Hall–Kier alpha value is -0.890. The maximum absolute atomic E-state index is 13.7. The lowest BCUT2D eigenvalue weighted by atomic mass is 9.81. The summed E-state index contributed by atoms with van der Waals surface area (Å²) in [5.41, 5.74) is 0.268. The lowest BCUT2D eigenvalue weighted by molar-refractivity contribution is -0.117. The molecule has 0 heterocycles. The molecule has 0 saturated heterocycles. The lowest BCUT2D eigenvalue weighted by Gasteiger charge is -2.23. The molecule has 0 bridgehead atoms. The second-order valence-electron chi connectivity index (χ2n) is 4.40. The van der Waals surface area contributed by atoms with E-state index in [0.29, 0.717) is 23.4 Å². The van der Waals surface area contributed by atoms with Crippen LogP contribution in [0.2, 0.25) is 5.02 Å². The van der Waals surface area contributed by atoms with Gasteiger partial charge < -0.3 is 0 Å². The minimum Gasteiger partial charge on any atom is -0.300 e. The van der Waals surface area contributed by atoms with Crippen LogP contribution in [0.3, 0.4) is 0 Å². The maximum atomic E-state index is 13.7. The Labute approximate surface area is 93.2 Å². The summed E-state index contributed by atoms with van der Waals surface area (Å²) in [4.78, 5) is 11.3. The van der Waals surface area contributed by atoms with Crippen molar-refractivity contribution < 1.29 is 9.18 Å². The van der Waals surface area contributed by atoms with Gasteiger partial charge in [-0.05, 0) is 24.1 Å². The molecule has 80 valence electrons. The third kappa shape index (κ3) is 1.91. The third-order valence-corrected chi connectivity index (χ3v) is 3.36. The molecule has 1 atom stereocenters. The highest BCUT2D eigenvalue weighted by Gasteiger charge is 2.37. The molecule has 0 amide bonds. The first kappa shape index (κ1) is 10.6. The van der Waals surface area contributed by atoms with Crippen LogP contribution in [0.15, 0.2) is 18.2 Å². The van der Waals surface area contributed by atoms with E-state index in [0.717, 1.165) is 6.42 Å². The number of halogens is 2. The molecular weight excluding hydrogens is 215 g/mol. The van der Waals surface area contributed by atoms with Crippen molar-refractivity contribution in [2.45, 2.75) is 31.6 Å². The smallest absolute Gasteiger partial charge is 0.133 e. The average Bonchev–Trinajstić information content (AvgIpc) is 2.46. The van der Waals surface area contributed by atoms with Crippen molar-refractivity contribution in [2.24, 2.45) is 0 Å². The lowest BCUT2D eigenvalue weighted by Crippen LogP contribution is -2.19. The number of carbonyl (C=O) groups excluding carboxylic acids is 1. The number of benzene rings is 1. The second-order valence-corrected chi connectivity index (χ2v) is 4.84. The number of hydrogen-bond acceptors (Lipinski definition) is 1. The number of Topliss-reactive ketones (excluding diaryl/α,β-unsaturated/α-hetero) is 1. The molecule has 0 radical (unpaired) electrons. The van der Waals surface area contributed by atoms with Crippen LogP contribution < -0.4 is 0 Å². The van der Waals surface area contributed by atoms with E-state index < -0.39 is 0 Å². The van der Waals surface area contributed by atoms with Crippen LogP contribution >= 0.6 is 11.6 Å². The Kier molecular flexibility index (Phi) is 2.55. The third-order valence-electron chi connectivity index (χ3n) is 3.12. The number of hydrogen-bond donors (Lipinski definition) is 0. The molecule has 0 N–H and O–H groups in total. The quantitative estimate of drug-likeness (QED) is 0.717. The normalized spacial score (nSPS) is 25.9. The standard InChI is InChI=1S/C12H12ClFO/c1-12(5-4-9(15)7-12)10-3-2-8(13)6-11(10)14/h2-3,6H,4-5,7H2,1H3. The highest BCUT2D eigenvalue weighted by Crippen LogP contribution is 2.40. The van der Waals surface area contributed by atoms with E-state index in [-0.39, 0.29) is 17.0 Å². The zero-order valence-electron chi connectivity index (χ0n) is 8.52. The summed E-state index contributed by atoms with van der Waals surface area (Å²) in [6.07, 6.45) is 1.72. The van der Waals surface area contributed by atoms with Gasteiger partial charge in [-0.25, -0.2) is 4.39 Å². The van der Waals surface area contributed by atoms with Gasteiger partial charge in [0, 0.05) is 23.3 Å². The van der Waals surface area contributed by atoms with Crippen LogP contribution in [-0.2, 0) is 10.2 Å². The van der Waals surface area contributed by atoms with Crippen LogP contribution in [-0.4, -0.2) is 5.78 Å². The summed E-state index contributed by atoms with van der Waals surface area (Å²) < 4.78 is 13.7. The Balaban J connectivity index is 2.41. The van der Waals surface area contributed by atoms with Crippen molar-refractivity contribution in [2.75, 3.05) is 0 Å². The number of carbonyl (C=O) groups is 1. The Morgan fingerprint density at radius 3 is 2.73 bits per heavy atom. The SMILES string of the molecule is CC1(c2ccc(Cl)cc2F)CCC(=O)C1. The highest BCUT2D eigenvalue weighted by atomic mass is 35.5. The maximum Gasteiger partial charge on any atom is 0.133 e. The molecule has 2 rings (SSSR count). The summed E-state index contributed by atoms with van der Waals surface area (Å²) in [6, 6.07) is 4.68. The molecule has 0 spiro atoms. The summed E-state index contributed by atoms with van der Waals surface area (Å²) in [5, 5.41) is 0.393. The molecular formula is C12H12ClFO. The van der Waals surface area contributed by atoms with Gasteiger partial charge in [0.2, 0.25) is 0 Å². The fourth-order valence-electron chi connectivity index (χ4n) is 2.24. The van der Waals surface area contributed by atoms with E-state index in [1.54, 1.807) is 12.1 Å². The van der Waals surface area contributed by atoms with Crippen LogP contribution in [0.1, 0.15) is 31.7 Å². The summed E-state index contributed by atoms with van der Waals surface area (Å²) in [7, 11) is 0. The first-order valence-corrected chi connectivity index (χ1v) is 5.36. The van der Waals surface area contributed by atoms with Gasteiger partial charge in [0.25, 0.3) is 0 Å². The second kappa shape index (κ2) is 3.60. The molecule has 1 aliphatic rings. The molecule has 1 saturated carbocycles. The molecule has 1 aromatic carbocycles. The first-order chi connectivity index (χ1) is 7.01. The van der Waals surface area contributed by atoms with Crippen molar-refractivity contribution in [1.29, 1.82) is 0 Å². The van der Waals surface area contributed by atoms with Crippen molar-refractivity contribution in [1.82, 2.24) is 0 Å². The van der Waals surface area contributed by atoms with E-state index in [1.807, 2.05) is 6.92 Å². The molecule has 0 aromatic heterocycles. The summed E-state index contributed by atoms with van der Waals surface area (Å²) in [6.45, 7) is 1.93. The van der Waals surface area contributed by atoms with Gasteiger partial charge in [-0.3, -0.25) is 4.79 Å². The van der Waals surface area contributed by atoms with Gasteiger partial charge in [-0.1, -0.05) is 24.6 Å². The molecule has 15 heavy (non-hydrogen) atoms. The largest absolute Gasteiger partial charge is 0.300 e.